The van der Waals surface area contributed by atoms with E-state index in [0.717, 1.165) is 5.75 Å². The minimum Gasteiger partial charge on any atom is -0.665 e. The van der Waals surface area contributed by atoms with Gasteiger partial charge in [0, 0.05) is 0 Å². The van der Waals surface area contributed by atoms with Gasteiger partial charge in [0.2, 0.25) is 0 Å². The van der Waals surface area contributed by atoms with Crippen LogP contribution in [0.15, 0.2) is 30.3 Å². The number of phosphoric acid groups is 1. The Labute approximate surface area is 117 Å². The molecular formula is C9H14NaO5P. The molecule has 0 bridgehead atoms. The SMILES string of the molecule is CCOP(=O)(O)O.[CH2-]Oc1ccccc1.[Na+]. The summed E-state index contributed by atoms with van der Waals surface area (Å²) in [5.41, 5.74) is 0. The molecule has 0 aromatic heterocycles. The van der Waals surface area contributed by atoms with Crippen molar-refractivity contribution in [2.75, 3.05) is 6.61 Å². The Hall–Kier alpha value is 0.130. The normalized spacial score (nSPS) is 9.50. The molecule has 0 amide bonds. The summed E-state index contributed by atoms with van der Waals surface area (Å²) in [6.45, 7) is 1.56. The Kier molecular flexibility index (Phi) is 11.9. The number of rotatable bonds is 3. The monoisotopic (exact) mass is 256 g/mol. The van der Waals surface area contributed by atoms with Crippen LogP contribution in [0, 0.1) is 7.11 Å². The quantitative estimate of drug-likeness (QED) is 0.411. The fourth-order valence-electron chi connectivity index (χ4n) is 0.685. The van der Waals surface area contributed by atoms with Crippen molar-refractivity contribution < 1.29 is 53.2 Å². The molecule has 0 spiro atoms. The largest absolute Gasteiger partial charge is 1.00 e. The summed E-state index contributed by atoms with van der Waals surface area (Å²) >= 11 is 0. The smallest absolute Gasteiger partial charge is 0.665 e. The molecule has 0 radical (unpaired) electrons. The van der Waals surface area contributed by atoms with Gasteiger partial charge in [0.25, 0.3) is 0 Å². The van der Waals surface area contributed by atoms with Crippen molar-refractivity contribution in [1.82, 2.24) is 0 Å². The van der Waals surface area contributed by atoms with Crippen molar-refractivity contribution >= 4 is 7.82 Å². The van der Waals surface area contributed by atoms with Crippen molar-refractivity contribution in [3.8, 4) is 5.75 Å². The molecule has 0 aliphatic rings. The molecule has 5 nitrogen and oxygen atoms in total. The Morgan fingerprint density at radius 2 is 1.81 bits per heavy atom. The summed E-state index contributed by atoms with van der Waals surface area (Å²) in [5, 5.41) is 0. The molecule has 0 atom stereocenters. The number of para-hydroxylation sites is 1. The van der Waals surface area contributed by atoms with Crippen molar-refractivity contribution in [1.29, 1.82) is 0 Å². The van der Waals surface area contributed by atoms with E-state index in [-0.39, 0.29) is 36.2 Å². The standard InChI is InChI=1S/C7H7O.C2H7O4P.Na/c1-8-7-5-3-2-4-6-7;1-2-6-7(3,4)5;/h2-6H,1H2;2H2,1H3,(H2,3,4,5);/q-1;;+1. The maximum Gasteiger partial charge on any atom is 1.00 e. The van der Waals surface area contributed by atoms with Crippen LogP contribution in [0.25, 0.3) is 0 Å². The first kappa shape index (κ1) is 18.5. The third-order valence-electron chi connectivity index (χ3n) is 1.21. The molecule has 0 saturated carbocycles. The second-order valence-electron chi connectivity index (χ2n) is 2.37. The van der Waals surface area contributed by atoms with E-state index >= 15 is 0 Å². The van der Waals surface area contributed by atoms with Gasteiger partial charge in [0.1, 0.15) is 0 Å². The van der Waals surface area contributed by atoms with Gasteiger partial charge in [0.15, 0.2) is 0 Å². The molecule has 0 saturated heterocycles. The van der Waals surface area contributed by atoms with Gasteiger partial charge in [-0.1, -0.05) is 18.2 Å². The Bertz CT molecular complexity index is 300. The van der Waals surface area contributed by atoms with Crippen LogP contribution in [-0.2, 0) is 9.09 Å². The third kappa shape index (κ3) is 12.2. The molecule has 16 heavy (non-hydrogen) atoms. The number of hydrogen-bond acceptors (Lipinski definition) is 3. The second-order valence-corrected chi connectivity index (χ2v) is 3.61. The van der Waals surface area contributed by atoms with E-state index < -0.39 is 7.82 Å². The summed E-state index contributed by atoms with van der Waals surface area (Å²) in [6.07, 6.45) is 0. The molecule has 0 unspecified atom stereocenters. The second kappa shape index (κ2) is 10.3. The predicted molar refractivity (Wildman–Crippen MR) is 56.1 cm³/mol. The summed E-state index contributed by atoms with van der Waals surface area (Å²) in [4.78, 5) is 15.8. The van der Waals surface area contributed by atoms with Crippen molar-refractivity contribution in [2.45, 2.75) is 6.92 Å². The fraction of sp³-hybridized carbons (Fsp3) is 0.222. The Balaban J connectivity index is 0. The van der Waals surface area contributed by atoms with Gasteiger partial charge in [-0.05, 0) is 19.1 Å². The van der Waals surface area contributed by atoms with Crippen LogP contribution in [0.5, 0.6) is 5.75 Å². The maximum absolute atomic E-state index is 9.70. The number of ether oxygens (including phenoxy) is 1. The molecule has 0 aliphatic carbocycles. The van der Waals surface area contributed by atoms with Gasteiger partial charge in [-0.3, -0.25) is 4.52 Å². The zero-order valence-electron chi connectivity index (χ0n) is 9.37. The Morgan fingerprint density at radius 3 is 2.00 bits per heavy atom. The Morgan fingerprint density at radius 1 is 1.31 bits per heavy atom. The number of phosphoric ester groups is 1. The van der Waals surface area contributed by atoms with Crippen molar-refractivity contribution in [2.24, 2.45) is 0 Å². The van der Waals surface area contributed by atoms with Gasteiger partial charge < -0.3 is 14.5 Å². The maximum atomic E-state index is 9.70. The van der Waals surface area contributed by atoms with E-state index in [1.54, 1.807) is 0 Å². The van der Waals surface area contributed by atoms with Crippen LogP contribution in [-0.4, -0.2) is 16.4 Å². The van der Waals surface area contributed by atoms with Gasteiger partial charge in [-0.15, -0.1) is 0 Å². The molecule has 1 rings (SSSR count). The topological polar surface area (TPSA) is 76.0 Å². The summed E-state index contributed by atoms with van der Waals surface area (Å²) < 4.78 is 18.3. The first-order valence-electron chi connectivity index (χ1n) is 4.16. The molecule has 0 heterocycles. The van der Waals surface area contributed by atoms with Crippen LogP contribution in [0.4, 0.5) is 0 Å². The molecular weight excluding hydrogens is 242 g/mol. The first-order chi connectivity index (χ1) is 6.99. The van der Waals surface area contributed by atoms with Crippen LogP contribution in [0.2, 0.25) is 0 Å². The van der Waals surface area contributed by atoms with Gasteiger partial charge >= 0.3 is 37.4 Å². The van der Waals surface area contributed by atoms with Crippen LogP contribution in [0.1, 0.15) is 6.92 Å². The van der Waals surface area contributed by atoms with Crippen molar-refractivity contribution in [3.05, 3.63) is 37.4 Å². The molecule has 2 N–H and O–H groups in total. The van der Waals surface area contributed by atoms with Crippen molar-refractivity contribution in [3.63, 3.8) is 0 Å². The van der Waals surface area contributed by atoms with Crippen LogP contribution < -0.4 is 34.3 Å². The van der Waals surface area contributed by atoms with E-state index in [1.807, 2.05) is 30.3 Å². The third-order valence-corrected chi connectivity index (χ3v) is 1.80. The number of hydrogen-bond donors (Lipinski definition) is 2. The van der Waals surface area contributed by atoms with Gasteiger partial charge in [-0.25, -0.2) is 4.57 Å². The summed E-state index contributed by atoms with van der Waals surface area (Å²) in [7, 11) is -0.910. The first-order valence-corrected chi connectivity index (χ1v) is 5.69. The molecule has 0 fully saturated rings. The molecule has 1 aromatic rings. The van der Waals surface area contributed by atoms with Crippen LogP contribution >= 0.6 is 7.82 Å². The molecule has 7 heteroatoms. The van der Waals surface area contributed by atoms with E-state index in [0.29, 0.717) is 0 Å². The number of benzene rings is 1. The van der Waals surface area contributed by atoms with Crippen LogP contribution in [0.3, 0.4) is 0 Å². The van der Waals surface area contributed by atoms with E-state index in [1.165, 1.54) is 6.92 Å². The summed E-state index contributed by atoms with van der Waals surface area (Å²) in [6, 6.07) is 9.45. The molecule has 0 aliphatic heterocycles. The van der Waals surface area contributed by atoms with E-state index in [2.05, 4.69) is 16.4 Å². The average Bonchev–Trinajstić information content (AvgIpc) is 2.18. The predicted octanol–water partition coefficient (Wildman–Crippen LogP) is -1.02. The van der Waals surface area contributed by atoms with E-state index in [4.69, 9.17) is 9.79 Å². The summed E-state index contributed by atoms with van der Waals surface area (Å²) in [5.74, 6) is 0.799. The zero-order chi connectivity index (χ0) is 11.7. The average molecular weight is 256 g/mol. The molecule has 1 aromatic carbocycles. The minimum atomic E-state index is -4.17. The van der Waals surface area contributed by atoms with Gasteiger partial charge in [0.05, 0.1) is 12.4 Å². The fourth-order valence-corrected chi connectivity index (χ4v) is 1.02. The zero-order valence-corrected chi connectivity index (χ0v) is 12.3. The molecule has 86 valence electrons. The van der Waals surface area contributed by atoms with Gasteiger partial charge in [-0.2, -0.15) is 7.11 Å². The minimum absolute atomic E-state index is 0. The van der Waals surface area contributed by atoms with E-state index in [9.17, 15) is 4.57 Å².